The molecule has 0 saturated heterocycles. The van der Waals surface area contributed by atoms with Gasteiger partial charge in [0, 0.05) is 31.3 Å². The molecule has 0 saturated carbocycles. The van der Waals surface area contributed by atoms with Crippen LogP contribution in [-0.2, 0) is 9.59 Å². The van der Waals surface area contributed by atoms with Crippen molar-refractivity contribution in [1.29, 1.82) is 0 Å². The van der Waals surface area contributed by atoms with E-state index in [1.807, 2.05) is 0 Å². The lowest BCUT2D eigenvalue weighted by atomic mass is 10.1. The quantitative estimate of drug-likeness (QED) is 0.629. The highest BCUT2D eigenvalue weighted by Gasteiger charge is 2.17. The lowest BCUT2D eigenvalue weighted by Crippen LogP contribution is -2.25. The summed E-state index contributed by atoms with van der Waals surface area (Å²) in [6.07, 6.45) is 9.03. The van der Waals surface area contributed by atoms with E-state index in [1.54, 1.807) is 17.1 Å². The highest BCUT2D eigenvalue weighted by atomic mass is 16.2. The number of carbonyl (C=O) groups is 2. The minimum atomic E-state index is 0.0393. The molecule has 0 aliphatic carbocycles. The average molecular weight is 292 g/mol. The first-order valence-electron chi connectivity index (χ1n) is 7.96. The second-order valence-electron chi connectivity index (χ2n) is 6.01. The summed E-state index contributed by atoms with van der Waals surface area (Å²) in [6, 6.07) is 0. The summed E-state index contributed by atoms with van der Waals surface area (Å²) in [5.41, 5.74) is 0.789. The summed E-state index contributed by atoms with van der Waals surface area (Å²) < 4.78 is 0. The molecule has 4 nitrogen and oxygen atoms in total. The predicted octanol–water partition coefficient (Wildman–Crippen LogP) is 3.01. The Morgan fingerprint density at radius 2 is 1.95 bits per heavy atom. The van der Waals surface area contributed by atoms with Crippen LogP contribution in [0.5, 0.6) is 0 Å². The zero-order valence-electron chi connectivity index (χ0n) is 13.4. The van der Waals surface area contributed by atoms with Crippen LogP contribution in [0.2, 0.25) is 0 Å². The van der Waals surface area contributed by atoms with E-state index >= 15 is 0 Å². The molecule has 1 aliphatic rings. The summed E-state index contributed by atoms with van der Waals surface area (Å²) in [5.74, 6) is 0.777. The second-order valence-corrected chi connectivity index (χ2v) is 6.01. The average Bonchev–Trinajstić information content (AvgIpc) is 2.75. The maximum atomic E-state index is 11.5. The standard InChI is InChI=1S/C17H28N2O2/c1-14(2)8-10-16(20)18-12-6-4-5-7-13-19-15(3)9-11-17(19)21/h9,11,14H,3-8,10,12-13H2,1-2H3,(H,18,20). The van der Waals surface area contributed by atoms with E-state index in [1.165, 1.54) is 0 Å². The van der Waals surface area contributed by atoms with Gasteiger partial charge in [0.05, 0.1) is 0 Å². The molecule has 2 amide bonds. The molecule has 0 spiro atoms. The molecule has 118 valence electrons. The Morgan fingerprint density at radius 1 is 1.24 bits per heavy atom. The van der Waals surface area contributed by atoms with E-state index in [2.05, 4.69) is 25.7 Å². The second kappa shape index (κ2) is 9.37. The molecule has 0 radical (unpaired) electrons. The zero-order valence-corrected chi connectivity index (χ0v) is 13.4. The van der Waals surface area contributed by atoms with Crippen molar-refractivity contribution in [1.82, 2.24) is 10.2 Å². The van der Waals surface area contributed by atoms with Crippen LogP contribution in [0.3, 0.4) is 0 Å². The number of unbranched alkanes of at least 4 members (excludes halogenated alkanes) is 3. The largest absolute Gasteiger partial charge is 0.356 e. The van der Waals surface area contributed by atoms with Crippen molar-refractivity contribution in [3.63, 3.8) is 0 Å². The minimum Gasteiger partial charge on any atom is -0.356 e. The molecule has 1 heterocycles. The van der Waals surface area contributed by atoms with Gasteiger partial charge >= 0.3 is 0 Å². The van der Waals surface area contributed by atoms with E-state index in [4.69, 9.17) is 0 Å². The van der Waals surface area contributed by atoms with Crippen molar-refractivity contribution in [3.05, 3.63) is 24.4 Å². The Bertz CT molecular complexity index is 382. The van der Waals surface area contributed by atoms with Crippen molar-refractivity contribution < 1.29 is 9.59 Å². The monoisotopic (exact) mass is 292 g/mol. The molecule has 0 fully saturated rings. The van der Waals surface area contributed by atoms with Gasteiger partial charge in [-0.15, -0.1) is 0 Å². The van der Waals surface area contributed by atoms with E-state index in [-0.39, 0.29) is 11.8 Å². The lowest BCUT2D eigenvalue weighted by molar-refractivity contribution is -0.123. The van der Waals surface area contributed by atoms with Gasteiger partial charge in [-0.1, -0.05) is 33.3 Å². The minimum absolute atomic E-state index is 0.0393. The zero-order chi connectivity index (χ0) is 15.7. The molecule has 0 aromatic carbocycles. The van der Waals surface area contributed by atoms with Crippen molar-refractivity contribution >= 4 is 11.8 Å². The van der Waals surface area contributed by atoms with Crippen molar-refractivity contribution in [2.45, 2.75) is 52.4 Å². The maximum absolute atomic E-state index is 11.5. The topological polar surface area (TPSA) is 49.4 Å². The molecule has 0 unspecified atom stereocenters. The normalized spacial score (nSPS) is 14.3. The highest BCUT2D eigenvalue weighted by molar-refractivity contribution is 5.92. The fraction of sp³-hybridized carbons (Fsp3) is 0.647. The highest BCUT2D eigenvalue weighted by Crippen LogP contribution is 2.14. The predicted molar refractivity (Wildman–Crippen MR) is 85.5 cm³/mol. The number of amides is 2. The fourth-order valence-corrected chi connectivity index (χ4v) is 2.23. The third-order valence-electron chi connectivity index (χ3n) is 3.61. The van der Waals surface area contributed by atoms with E-state index in [0.717, 1.165) is 50.9 Å². The number of rotatable bonds is 10. The number of allylic oxidation sites excluding steroid dienone is 1. The molecule has 1 rings (SSSR count). The molecule has 4 heteroatoms. The Kier molecular flexibility index (Phi) is 7.80. The molecule has 1 N–H and O–H groups in total. The van der Waals surface area contributed by atoms with Gasteiger partial charge in [-0.05, 0) is 31.3 Å². The summed E-state index contributed by atoms with van der Waals surface area (Å²) in [4.78, 5) is 24.7. The summed E-state index contributed by atoms with van der Waals surface area (Å²) in [5, 5.41) is 2.96. The Morgan fingerprint density at radius 3 is 2.57 bits per heavy atom. The maximum Gasteiger partial charge on any atom is 0.251 e. The van der Waals surface area contributed by atoms with Crippen molar-refractivity contribution in [2.24, 2.45) is 5.92 Å². The van der Waals surface area contributed by atoms with Gasteiger partial charge in [-0.3, -0.25) is 9.59 Å². The van der Waals surface area contributed by atoms with Crippen molar-refractivity contribution in [2.75, 3.05) is 13.1 Å². The number of hydrogen-bond donors (Lipinski definition) is 1. The molecule has 0 atom stereocenters. The number of nitrogens with one attached hydrogen (secondary N) is 1. The van der Waals surface area contributed by atoms with Crippen LogP contribution in [-0.4, -0.2) is 29.8 Å². The van der Waals surface area contributed by atoms with Gasteiger partial charge in [0.25, 0.3) is 5.91 Å². The van der Waals surface area contributed by atoms with Crippen LogP contribution in [0, 0.1) is 5.92 Å². The first kappa shape index (κ1) is 17.5. The summed E-state index contributed by atoms with van der Waals surface area (Å²) >= 11 is 0. The lowest BCUT2D eigenvalue weighted by Gasteiger charge is -2.16. The van der Waals surface area contributed by atoms with Gasteiger partial charge in [0.2, 0.25) is 5.91 Å². The number of carbonyl (C=O) groups excluding carboxylic acids is 2. The van der Waals surface area contributed by atoms with E-state index in [0.29, 0.717) is 12.3 Å². The SMILES string of the molecule is C=C1C=CC(=O)N1CCCCCCNC(=O)CCC(C)C. The summed E-state index contributed by atoms with van der Waals surface area (Å²) in [6.45, 7) is 9.59. The van der Waals surface area contributed by atoms with E-state index < -0.39 is 0 Å². The molecule has 0 aromatic rings. The Balaban J connectivity index is 1.94. The third-order valence-corrected chi connectivity index (χ3v) is 3.61. The number of nitrogens with zero attached hydrogens (tertiary/aromatic N) is 1. The smallest absolute Gasteiger partial charge is 0.251 e. The van der Waals surface area contributed by atoms with Crippen LogP contribution >= 0.6 is 0 Å². The van der Waals surface area contributed by atoms with Crippen molar-refractivity contribution in [3.8, 4) is 0 Å². The van der Waals surface area contributed by atoms with Gasteiger partial charge < -0.3 is 10.2 Å². The number of hydrogen-bond acceptors (Lipinski definition) is 2. The van der Waals surface area contributed by atoms with Gasteiger partial charge in [-0.2, -0.15) is 0 Å². The van der Waals surface area contributed by atoms with Crippen LogP contribution in [0.4, 0.5) is 0 Å². The molecular formula is C17H28N2O2. The fourth-order valence-electron chi connectivity index (χ4n) is 2.23. The van der Waals surface area contributed by atoms with Crippen LogP contribution in [0.15, 0.2) is 24.4 Å². The van der Waals surface area contributed by atoms with Crippen LogP contribution in [0.25, 0.3) is 0 Å². The van der Waals surface area contributed by atoms with Gasteiger partial charge in [0.15, 0.2) is 0 Å². The van der Waals surface area contributed by atoms with Gasteiger partial charge in [-0.25, -0.2) is 0 Å². The Labute approximate surface area is 128 Å². The molecular weight excluding hydrogens is 264 g/mol. The first-order chi connectivity index (χ1) is 10.0. The summed E-state index contributed by atoms with van der Waals surface area (Å²) in [7, 11) is 0. The van der Waals surface area contributed by atoms with Crippen LogP contribution < -0.4 is 5.32 Å². The molecule has 0 aromatic heterocycles. The molecule has 0 bridgehead atoms. The van der Waals surface area contributed by atoms with Gasteiger partial charge in [0.1, 0.15) is 0 Å². The molecule has 1 aliphatic heterocycles. The first-order valence-corrected chi connectivity index (χ1v) is 7.96. The third kappa shape index (κ3) is 7.11. The Hall–Kier alpha value is -1.58. The van der Waals surface area contributed by atoms with Crippen LogP contribution in [0.1, 0.15) is 52.4 Å². The van der Waals surface area contributed by atoms with E-state index in [9.17, 15) is 9.59 Å². The molecule has 21 heavy (non-hydrogen) atoms.